The zero-order chi connectivity index (χ0) is 13.8. The number of benzene rings is 3. The van der Waals surface area contributed by atoms with Gasteiger partial charge in [-0.2, -0.15) is 0 Å². The van der Waals surface area contributed by atoms with Crippen molar-refractivity contribution < 1.29 is 16.6 Å². The van der Waals surface area contributed by atoms with Crippen molar-refractivity contribution in [3.63, 3.8) is 0 Å². The second kappa shape index (κ2) is 6.70. The first-order valence-corrected chi connectivity index (χ1v) is 8.07. The van der Waals surface area contributed by atoms with E-state index in [4.69, 9.17) is 0 Å². The lowest BCUT2D eigenvalue weighted by Gasteiger charge is -2.11. The molecule has 0 aliphatic rings. The largest absolute Gasteiger partial charge is 1.00 e. The molecule has 0 saturated heterocycles. The zero-order valence-electron chi connectivity index (χ0n) is 11.4. The van der Waals surface area contributed by atoms with E-state index < -0.39 is 9.93 Å². The monoisotopic (exact) mass is 314 g/mol. The molecule has 0 bridgehead atoms. The van der Waals surface area contributed by atoms with E-state index in [2.05, 4.69) is 0 Å². The van der Waals surface area contributed by atoms with Gasteiger partial charge in [-0.3, -0.25) is 0 Å². The van der Waals surface area contributed by atoms with E-state index in [0.717, 1.165) is 14.7 Å². The van der Waals surface area contributed by atoms with Crippen LogP contribution in [0.5, 0.6) is 0 Å². The van der Waals surface area contributed by atoms with E-state index in [0.29, 0.717) is 0 Å². The third kappa shape index (κ3) is 2.92. The highest BCUT2D eigenvalue weighted by molar-refractivity contribution is 8.03. The van der Waals surface area contributed by atoms with Crippen molar-refractivity contribution in [1.82, 2.24) is 0 Å². The highest BCUT2D eigenvalue weighted by atomic mass is 35.5. The third-order valence-corrected chi connectivity index (χ3v) is 6.03. The summed E-state index contributed by atoms with van der Waals surface area (Å²) in [5, 5.41) is 0. The van der Waals surface area contributed by atoms with Crippen molar-refractivity contribution >= 4 is 9.93 Å². The molecule has 0 heterocycles. The molecule has 0 N–H and O–H groups in total. The molecule has 3 aromatic carbocycles. The van der Waals surface area contributed by atoms with Crippen molar-refractivity contribution in [1.29, 1.82) is 0 Å². The van der Waals surface area contributed by atoms with Gasteiger partial charge in [0.15, 0.2) is 24.6 Å². The Kier molecular flexibility index (Phi) is 4.94. The van der Waals surface area contributed by atoms with E-state index in [-0.39, 0.29) is 12.4 Å². The van der Waals surface area contributed by atoms with Crippen molar-refractivity contribution in [2.24, 2.45) is 0 Å². The minimum absolute atomic E-state index is 0. The zero-order valence-corrected chi connectivity index (χ0v) is 12.9. The summed E-state index contributed by atoms with van der Waals surface area (Å²) in [5.41, 5.74) is 0. The van der Waals surface area contributed by atoms with E-state index in [1.165, 1.54) is 0 Å². The van der Waals surface area contributed by atoms with Crippen LogP contribution in [0.4, 0.5) is 0 Å². The maximum atomic E-state index is 13.8. The Hall–Kier alpha value is -1.90. The van der Waals surface area contributed by atoms with Gasteiger partial charge in [0.2, 0.25) is 0 Å². The summed E-state index contributed by atoms with van der Waals surface area (Å²) in [4.78, 5) is 2.53. The molecule has 3 rings (SSSR count). The summed E-state index contributed by atoms with van der Waals surface area (Å²) in [7, 11) is -2.43. The van der Waals surface area contributed by atoms with Gasteiger partial charge in [-0.15, -0.1) is 0 Å². The fourth-order valence-electron chi connectivity index (χ4n) is 2.24. The molecule has 0 amide bonds. The van der Waals surface area contributed by atoms with E-state index in [1.54, 1.807) is 0 Å². The molecule has 106 valence electrons. The van der Waals surface area contributed by atoms with Gasteiger partial charge >= 0.3 is 0 Å². The predicted molar refractivity (Wildman–Crippen MR) is 82.2 cm³/mol. The van der Waals surface area contributed by atoms with Gasteiger partial charge < -0.3 is 12.4 Å². The average molecular weight is 315 g/mol. The van der Waals surface area contributed by atoms with Crippen LogP contribution in [0.3, 0.4) is 0 Å². The van der Waals surface area contributed by atoms with Crippen LogP contribution in [0.1, 0.15) is 0 Å². The van der Waals surface area contributed by atoms with Gasteiger partial charge in [0.05, 0.1) is 0 Å². The second-order valence-corrected chi connectivity index (χ2v) is 7.02. The summed E-state index contributed by atoms with van der Waals surface area (Å²) in [6.45, 7) is 0. The minimum atomic E-state index is -2.43. The molecule has 21 heavy (non-hydrogen) atoms. The lowest BCUT2D eigenvalue weighted by Crippen LogP contribution is -3.00. The maximum absolute atomic E-state index is 13.8. The molecule has 1 nitrogen and oxygen atoms in total. The Morgan fingerprint density at radius 3 is 0.952 bits per heavy atom. The van der Waals surface area contributed by atoms with E-state index >= 15 is 0 Å². The van der Waals surface area contributed by atoms with Crippen LogP contribution in [0, 0.1) is 0 Å². The molecule has 0 unspecified atom stereocenters. The molecular formula is C18H15ClOS. The SMILES string of the molecule is O=[S+](c1ccccc1)(c1ccccc1)c1ccccc1.[Cl-]. The number of hydrogen-bond acceptors (Lipinski definition) is 1. The summed E-state index contributed by atoms with van der Waals surface area (Å²) < 4.78 is 13.8. The van der Waals surface area contributed by atoms with E-state index in [1.807, 2.05) is 91.0 Å². The van der Waals surface area contributed by atoms with Gasteiger partial charge in [0.25, 0.3) is 0 Å². The topological polar surface area (TPSA) is 17.1 Å². The third-order valence-electron chi connectivity index (χ3n) is 3.23. The molecule has 0 spiro atoms. The summed E-state index contributed by atoms with van der Waals surface area (Å²) in [6, 6.07) is 29.0. The molecule has 0 fully saturated rings. The van der Waals surface area contributed by atoms with Gasteiger partial charge in [0, 0.05) is 0 Å². The van der Waals surface area contributed by atoms with Crippen LogP contribution in [-0.4, -0.2) is 0 Å². The Labute approximate surface area is 132 Å². The smallest absolute Gasteiger partial charge is 0.182 e. The Morgan fingerprint density at radius 1 is 0.476 bits per heavy atom. The number of hydrogen-bond donors (Lipinski definition) is 0. The molecule has 0 radical (unpaired) electrons. The normalized spacial score (nSPS) is 10.7. The first-order chi connectivity index (χ1) is 9.82. The van der Waals surface area contributed by atoms with Gasteiger partial charge in [-0.1, -0.05) is 58.8 Å². The summed E-state index contributed by atoms with van der Waals surface area (Å²) >= 11 is 0. The first kappa shape index (κ1) is 15.5. The van der Waals surface area contributed by atoms with Crippen molar-refractivity contribution in [2.75, 3.05) is 0 Å². The molecular weight excluding hydrogens is 300 g/mol. The van der Waals surface area contributed by atoms with Crippen molar-refractivity contribution in [3.05, 3.63) is 91.0 Å². The summed E-state index contributed by atoms with van der Waals surface area (Å²) in [6.07, 6.45) is 0. The fraction of sp³-hybridized carbons (Fsp3) is 0. The lowest BCUT2D eigenvalue weighted by atomic mass is 10.4. The van der Waals surface area contributed by atoms with Crippen LogP contribution in [-0.2, 0) is 14.1 Å². The average Bonchev–Trinajstić information content (AvgIpc) is 2.56. The van der Waals surface area contributed by atoms with Crippen molar-refractivity contribution in [3.8, 4) is 0 Å². The lowest BCUT2D eigenvalue weighted by molar-refractivity contribution is -0.00000528. The molecule has 0 saturated carbocycles. The van der Waals surface area contributed by atoms with Crippen LogP contribution in [0.15, 0.2) is 106 Å². The van der Waals surface area contributed by atoms with Crippen LogP contribution in [0.2, 0.25) is 0 Å². The predicted octanol–water partition coefficient (Wildman–Crippen LogP) is 1.67. The molecule has 0 atom stereocenters. The highest BCUT2D eigenvalue weighted by Crippen LogP contribution is 2.35. The van der Waals surface area contributed by atoms with E-state index in [9.17, 15) is 4.21 Å². The fourth-order valence-corrected chi connectivity index (χ4v) is 4.68. The Bertz CT molecular complexity index is 624. The Balaban J connectivity index is 0.00000161. The van der Waals surface area contributed by atoms with Crippen LogP contribution >= 0.6 is 0 Å². The van der Waals surface area contributed by atoms with Crippen molar-refractivity contribution in [2.45, 2.75) is 14.7 Å². The first-order valence-electron chi connectivity index (χ1n) is 6.51. The maximum Gasteiger partial charge on any atom is 0.182 e. The standard InChI is InChI=1S/C18H15OS.ClH/c19-20(16-10-4-1-5-11-16,17-12-6-2-7-13-17)18-14-8-3-9-15-18;/h1-15H;1H/q+1;/p-1. The van der Waals surface area contributed by atoms with Gasteiger partial charge in [-0.25, -0.2) is 0 Å². The molecule has 0 aliphatic carbocycles. The number of halogens is 1. The van der Waals surface area contributed by atoms with Gasteiger partial charge in [0.1, 0.15) is 0 Å². The minimum Gasteiger partial charge on any atom is -1.00 e. The van der Waals surface area contributed by atoms with Gasteiger partial charge in [-0.05, 0) is 36.4 Å². The van der Waals surface area contributed by atoms with Crippen LogP contribution < -0.4 is 12.4 Å². The quantitative estimate of drug-likeness (QED) is 0.672. The second-order valence-electron chi connectivity index (χ2n) is 4.50. The molecule has 3 aromatic rings. The number of rotatable bonds is 3. The molecule has 0 aliphatic heterocycles. The summed E-state index contributed by atoms with van der Waals surface area (Å²) in [5.74, 6) is 0. The molecule has 3 heteroatoms. The Morgan fingerprint density at radius 2 is 0.714 bits per heavy atom. The molecule has 0 aromatic heterocycles. The van der Waals surface area contributed by atoms with Crippen LogP contribution in [0.25, 0.3) is 0 Å². The highest BCUT2D eigenvalue weighted by Gasteiger charge is 2.36.